The average molecular weight is 297 g/mol. The molecule has 2 bridgehead atoms. The zero-order chi connectivity index (χ0) is 15.3. The van der Waals surface area contributed by atoms with E-state index in [1.54, 1.807) is 0 Å². The van der Waals surface area contributed by atoms with Gasteiger partial charge in [-0.15, -0.1) is 0 Å². The molecule has 2 fully saturated rings. The Kier molecular flexibility index (Phi) is 3.26. The molecule has 2 unspecified atom stereocenters. The zero-order valence-electron chi connectivity index (χ0n) is 13.2. The first-order valence-electron chi connectivity index (χ1n) is 8.09. The maximum Gasteiger partial charge on any atom is 0.0934 e. The smallest absolute Gasteiger partial charge is 0.0934 e. The summed E-state index contributed by atoms with van der Waals surface area (Å²) in [4.78, 5) is 2.38. The standard InChI is InChI=1S/C19H23NO2/c1-13-7-8-18(17-6-4-3-5-16(13)17)19(21)9-14-11-22-12-15(10-19)20(14)2/h3-8,14-15,21H,9-12H2,1-2H3. The molecule has 0 saturated carbocycles. The quantitative estimate of drug-likeness (QED) is 0.878. The summed E-state index contributed by atoms with van der Waals surface area (Å²) >= 11 is 0. The van der Waals surface area contributed by atoms with Crippen LogP contribution in [0.3, 0.4) is 0 Å². The Labute approximate surface area is 131 Å². The summed E-state index contributed by atoms with van der Waals surface area (Å²) in [6, 6.07) is 13.3. The van der Waals surface area contributed by atoms with Crippen LogP contribution in [-0.4, -0.2) is 42.4 Å². The van der Waals surface area contributed by atoms with E-state index in [9.17, 15) is 5.11 Å². The Morgan fingerprint density at radius 3 is 2.36 bits per heavy atom. The summed E-state index contributed by atoms with van der Waals surface area (Å²) < 4.78 is 5.69. The lowest BCUT2D eigenvalue weighted by Crippen LogP contribution is -2.59. The van der Waals surface area contributed by atoms with Gasteiger partial charge in [0.05, 0.1) is 18.8 Å². The van der Waals surface area contributed by atoms with E-state index in [1.165, 1.54) is 16.3 Å². The van der Waals surface area contributed by atoms with Crippen LogP contribution in [0.25, 0.3) is 10.8 Å². The van der Waals surface area contributed by atoms with E-state index in [0.29, 0.717) is 12.1 Å². The van der Waals surface area contributed by atoms with Crippen LogP contribution in [0.2, 0.25) is 0 Å². The molecule has 0 spiro atoms. The predicted molar refractivity (Wildman–Crippen MR) is 88.0 cm³/mol. The van der Waals surface area contributed by atoms with Gasteiger partial charge in [0.25, 0.3) is 0 Å². The fourth-order valence-electron chi connectivity index (χ4n) is 4.22. The lowest BCUT2D eigenvalue weighted by molar-refractivity contribution is -0.137. The Balaban J connectivity index is 1.83. The van der Waals surface area contributed by atoms with Crippen molar-refractivity contribution in [3.05, 3.63) is 47.5 Å². The van der Waals surface area contributed by atoms with Crippen molar-refractivity contribution in [3.63, 3.8) is 0 Å². The largest absolute Gasteiger partial charge is 0.385 e. The molecule has 0 aromatic heterocycles. The summed E-state index contributed by atoms with van der Waals surface area (Å²) in [5.74, 6) is 0. The minimum atomic E-state index is -0.751. The number of hydrogen-bond donors (Lipinski definition) is 1. The van der Waals surface area contributed by atoms with Gasteiger partial charge in [-0.3, -0.25) is 4.90 Å². The van der Waals surface area contributed by atoms with Crippen LogP contribution in [-0.2, 0) is 10.3 Å². The third-order valence-corrected chi connectivity index (χ3v) is 5.56. The lowest BCUT2D eigenvalue weighted by Gasteiger charge is -2.50. The monoisotopic (exact) mass is 297 g/mol. The van der Waals surface area contributed by atoms with E-state index in [2.05, 4.69) is 55.3 Å². The molecular formula is C19H23NO2. The number of aliphatic hydroxyl groups is 1. The average Bonchev–Trinajstić information content (AvgIpc) is 2.50. The van der Waals surface area contributed by atoms with E-state index in [-0.39, 0.29) is 0 Å². The molecular weight excluding hydrogens is 274 g/mol. The van der Waals surface area contributed by atoms with Crippen molar-refractivity contribution >= 4 is 10.8 Å². The molecule has 2 aromatic rings. The topological polar surface area (TPSA) is 32.7 Å². The van der Waals surface area contributed by atoms with Crippen LogP contribution in [0, 0.1) is 6.92 Å². The second-order valence-corrected chi connectivity index (χ2v) is 6.93. The van der Waals surface area contributed by atoms with E-state index in [0.717, 1.165) is 31.6 Å². The maximum absolute atomic E-state index is 11.5. The number of ether oxygens (including phenoxy) is 1. The van der Waals surface area contributed by atoms with Gasteiger partial charge >= 0.3 is 0 Å². The summed E-state index contributed by atoms with van der Waals surface area (Å²) in [5.41, 5.74) is 1.59. The molecule has 22 heavy (non-hydrogen) atoms. The Morgan fingerprint density at radius 1 is 1.05 bits per heavy atom. The molecule has 2 atom stereocenters. The maximum atomic E-state index is 11.5. The zero-order valence-corrected chi connectivity index (χ0v) is 13.2. The number of likely N-dealkylation sites (N-methyl/N-ethyl adjacent to an activating group) is 1. The Bertz CT molecular complexity index is 698. The molecule has 3 heteroatoms. The summed E-state index contributed by atoms with van der Waals surface area (Å²) in [6.45, 7) is 3.57. The third-order valence-electron chi connectivity index (χ3n) is 5.56. The van der Waals surface area contributed by atoms with Gasteiger partial charge in [-0.1, -0.05) is 36.4 Å². The molecule has 2 aliphatic rings. The summed E-state index contributed by atoms with van der Waals surface area (Å²) in [7, 11) is 2.16. The first-order chi connectivity index (χ1) is 10.6. The van der Waals surface area contributed by atoms with E-state index >= 15 is 0 Å². The number of hydrogen-bond acceptors (Lipinski definition) is 3. The first-order valence-corrected chi connectivity index (χ1v) is 8.09. The molecule has 4 rings (SSSR count). The number of nitrogens with zero attached hydrogens (tertiary/aromatic N) is 1. The Morgan fingerprint density at radius 2 is 1.68 bits per heavy atom. The highest BCUT2D eigenvalue weighted by molar-refractivity contribution is 5.89. The van der Waals surface area contributed by atoms with Crippen molar-refractivity contribution in [1.82, 2.24) is 4.90 Å². The molecule has 0 radical (unpaired) electrons. The second kappa shape index (κ2) is 5.05. The molecule has 116 valence electrons. The minimum absolute atomic E-state index is 0.303. The van der Waals surface area contributed by atoms with Crippen molar-refractivity contribution in [2.75, 3.05) is 20.3 Å². The lowest BCUT2D eigenvalue weighted by atomic mass is 9.75. The highest BCUT2D eigenvalue weighted by Crippen LogP contribution is 2.43. The van der Waals surface area contributed by atoms with Gasteiger partial charge < -0.3 is 9.84 Å². The highest BCUT2D eigenvalue weighted by atomic mass is 16.5. The van der Waals surface area contributed by atoms with Gasteiger partial charge in [0.15, 0.2) is 0 Å². The number of rotatable bonds is 1. The van der Waals surface area contributed by atoms with Crippen LogP contribution >= 0.6 is 0 Å². The summed E-state index contributed by atoms with van der Waals surface area (Å²) in [6.07, 6.45) is 1.49. The second-order valence-electron chi connectivity index (χ2n) is 6.93. The van der Waals surface area contributed by atoms with E-state index < -0.39 is 5.60 Å². The summed E-state index contributed by atoms with van der Waals surface area (Å²) in [5, 5.41) is 13.9. The minimum Gasteiger partial charge on any atom is -0.385 e. The normalized spacial score (nSPS) is 32.3. The van der Waals surface area contributed by atoms with Crippen LogP contribution in [0.5, 0.6) is 0 Å². The van der Waals surface area contributed by atoms with Crippen molar-refractivity contribution in [1.29, 1.82) is 0 Å². The predicted octanol–water partition coefficient (Wildman–Crippen LogP) is 2.83. The molecule has 2 aromatic carbocycles. The molecule has 1 N–H and O–H groups in total. The molecule has 2 aliphatic heterocycles. The van der Waals surface area contributed by atoms with Crippen molar-refractivity contribution in [2.24, 2.45) is 0 Å². The fraction of sp³-hybridized carbons (Fsp3) is 0.474. The van der Waals surface area contributed by atoms with Gasteiger partial charge in [0, 0.05) is 12.1 Å². The van der Waals surface area contributed by atoms with Crippen LogP contribution in [0.4, 0.5) is 0 Å². The van der Waals surface area contributed by atoms with Crippen molar-refractivity contribution in [2.45, 2.75) is 37.5 Å². The first kappa shape index (κ1) is 14.2. The fourth-order valence-corrected chi connectivity index (χ4v) is 4.22. The molecule has 0 amide bonds. The van der Waals surface area contributed by atoms with Crippen LogP contribution < -0.4 is 0 Å². The van der Waals surface area contributed by atoms with Gasteiger partial charge in [-0.25, -0.2) is 0 Å². The molecule has 2 heterocycles. The number of morpholine rings is 1. The molecule has 2 saturated heterocycles. The number of fused-ring (bicyclic) bond motifs is 3. The molecule has 3 nitrogen and oxygen atoms in total. The number of piperidine rings is 1. The number of aryl methyl sites for hydroxylation is 1. The van der Waals surface area contributed by atoms with Crippen molar-refractivity contribution in [3.8, 4) is 0 Å². The Hall–Kier alpha value is -1.42. The van der Waals surface area contributed by atoms with E-state index in [4.69, 9.17) is 4.74 Å². The van der Waals surface area contributed by atoms with Gasteiger partial charge in [0.1, 0.15) is 0 Å². The number of benzene rings is 2. The van der Waals surface area contributed by atoms with Crippen LogP contribution in [0.15, 0.2) is 36.4 Å². The van der Waals surface area contributed by atoms with E-state index in [1.807, 2.05) is 0 Å². The highest BCUT2D eigenvalue weighted by Gasteiger charge is 2.46. The van der Waals surface area contributed by atoms with Gasteiger partial charge in [-0.05, 0) is 48.7 Å². The van der Waals surface area contributed by atoms with Gasteiger partial charge in [-0.2, -0.15) is 0 Å². The van der Waals surface area contributed by atoms with Crippen molar-refractivity contribution < 1.29 is 9.84 Å². The molecule has 0 aliphatic carbocycles. The van der Waals surface area contributed by atoms with Gasteiger partial charge in [0.2, 0.25) is 0 Å². The SMILES string of the molecule is Cc1ccc(C2(O)CC3COCC(C2)N3C)c2ccccc12. The van der Waals surface area contributed by atoms with Crippen LogP contribution in [0.1, 0.15) is 24.0 Å². The third kappa shape index (κ3) is 2.08.